The van der Waals surface area contributed by atoms with Gasteiger partial charge in [0.05, 0.1) is 13.2 Å². The van der Waals surface area contributed by atoms with Gasteiger partial charge in [-0.3, -0.25) is 0 Å². The van der Waals surface area contributed by atoms with Gasteiger partial charge < -0.3 is 19.4 Å². The summed E-state index contributed by atoms with van der Waals surface area (Å²) in [6.45, 7) is 2.86. The molecule has 3 rings (SSSR count). The fourth-order valence-electron chi connectivity index (χ4n) is 2.12. The molecule has 0 spiro atoms. The summed E-state index contributed by atoms with van der Waals surface area (Å²) < 4.78 is 10.8. The van der Waals surface area contributed by atoms with Crippen molar-refractivity contribution in [3.8, 4) is 0 Å². The summed E-state index contributed by atoms with van der Waals surface area (Å²) in [5.74, 6) is 0.622. The molecule has 0 radical (unpaired) electrons. The lowest BCUT2D eigenvalue weighted by molar-refractivity contribution is 0.198. The Hall–Kier alpha value is -1.44. The molecule has 1 aliphatic rings. The zero-order chi connectivity index (χ0) is 14.5. The van der Waals surface area contributed by atoms with Crippen LogP contribution in [0.15, 0.2) is 21.2 Å². The van der Waals surface area contributed by atoms with Crippen molar-refractivity contribution < 1.29 is 9.15 Å². The Bertz CT molecular complexity index is 539. The predicted molar refractivity (Wildman–Crippen MR) is 81.4 cm³/mol. The van der Waals surface area contributed by atoms with Gasteiger partial charge in [0, 0.05) is 26.2 Å². The van der Waals surface area contributed by atoms with Crippen LogP contribution in [0.25, 0.3) is 0 Å². The first kappa shape index (κ1) is 14.5. The largest absolute Gasteiger partial charge is 0.407 e. The summed E-state index contributed by atoms with van der Waals surface area (Å²) in [5.41, 5.74) is 1.30. The first-order chi connectivity index (χ1) is 10.4. The lowest BCUT2D eigenvalue weighted by Crippen LogP contribution is -2.25. The second-order valence-electron chi connectivity index (χ2n) is 5.14. The molecule has 0 amide bonds. The molecule has 0 aliphatic heterocycles. The first-order valence-electron chi connectivity index (χ1n) is 7.16. The molecule has 21 heavy (non-hydrogen) atoms. The van der Waals surface area contributed by atoms with Crippen LogP contribution < -0.4 is 10.2 Å². The third-order valence-corrected chi connectivity index (χ3v) is 4.11. The van der Waals surface area contributed by atoms with Crippen molar-refractivity contribution in [2.24, 2.45) is 0 Å². The average Bonchev–Trinajstić information content (AvgIpc) is 3.01. The number of rotatable bonds is 9. The van der Waals surface area contributed by atoms with E-state index in [1.54, 1.807) is 18.4 Å². The van der Waals surface area contributed by atoms with Crippen LogP contribution in [-0.4, -0.2) is 36.5 Å². The second-order valence-corrected chi connectivity index (χ2v) is 5.92. The van der Waals surface area contributed by atoms with Crippen molar-refractivity contribution in [1.82, 2.24) is 15.5 Å². The molecule has 6 nitrogen and oxygen atoms in total. The lowest BCUT2D eigenvalue weighted by Gasteiger charge is -2.18. The maximum absolute atomic E-state index is 5.78. The van der Waals surface area contributed by atoms with E-state index in [2.05, 4.69) is 37.2 Å². The van der Waals surface area contributed by atoms with Gasteiger partial charge in [0.1, 0.15) is 0 Å². The predicted octanol–water partition coefficient (Wildman–Crippen LogP) is 2.04. The van der Waals surface area contributed by atoms with Crippen LogP contribution in [0.2, 0.25) is 0 Å². The van der Waals surface area contributed by atoms with Crippen LogP contribution in [0.5, 0.6) is 0 Å². The Labute approximate surface area is 128 Å². The van der Waals surface area contributed by atoms with E-state index >= 15 is 0 Å². The van der Waals surface area contributed by atoms with Gasteiger partial charge >= 0.3 is 6.01 Å². The minimum absolute atomic E-state index is 0.541. The summed E-state index contributed by atoms with van der Waals surface area (Å²) in [6.07, 6.45) is 2.40. The molecule has 1 aliphatic carbocycles. The van der Waals surface area contributed by atoms with Gasteiger partial charge in [0.15, 0.2) is 0 Å². The van der Waals surface area contributed by atoms with Crippen molar-refractivity contribution >= 4 is 17.4 Å². The highest BCUT2D eigenvalue weighted by atomic mass is 32.1. The number of anilines is 1. The van der Waals surface area contributed by atoms with E-state index < -0.39 is 0 Å². The van der Waals surface area contributed by atoms with E-state index in [1.807, 2.05) is 0 Å². The van der Waals surface area contributed by atoms with Gasteiger partial charge in [-0.2, -0.15) is 11.3 Å². The molecule has 2 aromatic rings. The van der Waals surface area contributed by atoms with Gasteiger partial charge in [0.25, 0.3) is 0 Å². The highest BCUT2D eigenvalue weighted by Gasteiger charge is 2.32. The average molecular weight is 308 g/mol. The van der Waals surface area contributed by atoms with Gasteiger partial charge in [-0.15, -0.1) is 5.10 Å². The highest BCUT2D eigenvalue weighted by molar-refractivity contribution is 7.07. The van der Waals surface area contributed by atoms with Crippen LogP contribution in [0.1, 0.15) is 24.3 Å². The maximum atomic E-state index is 5.78. The van der Waals surface area contributed by atoms with Crippen molar-refractivity contribution in [1.29, 1.82) is 0 Å². The van der Waals surface area contributed by atoms with Crippen molar-refractivity contribution in [2.75, 3.05) is 25.2 Å². The van der Waals surface area contributed by atoms with E-state index in [4.69, 9.17) is 9.15 Å². The van der Waals surface area contributed by atoms with Crippen molar-refractivity contribution in [2.45, 2.75) is 32.0 Å². The number of aromatic nitrogens is 2. The Morgan fingerprint density at radius 3 is 3.10 bits per heavy atom. The van der Waals surface area contributed by atoms with Crippen molar-refractivity contribution in [3.05, 3.63) is 28.3 Å². The molecule has 114 valence electrons. The van der Waals surface area contributed by atoms with Gasteiger partial charge in [-0.05, 0) is 35.2 Å². The Morgan fingerprint density at radius 2 is 2.38 bits per heavy atom. The normalized spacial score (nSPS) is 14.5. The second kappa shape index (κ2) is 7.02. The third-order valence-electron chi connectivity index (χ3n) is 3.38. The molecule has 1 saturated carbocycles. The summed E-state index contributed by atoms with van der Waals surface area (Å²) in [7, 11) is 1.68. The van der Waals surface area contributed by atoms with Gasteiger partial charge in [0.2, 0.25) is 5.89 Å². The molecule has 0 bridgehead atoms. The molecule has 2 heterocycles. The zero-order valence-corrected chi connectivity index (χ0v) is 12.9. The van der Waals surface area contributed by atoms with E-state index in [0.29, 0.717) is 31.1 Å². The quantitative estimate of drug-likeness (QED) is 0.715. The standard InChI is InChI=1S/C14H20N4O2S/c1-19-6-5-15-8-13-16-17-14(20-13)18(12-2-3-12)9-11-4-7-21-10-11/h4,7,10,12,15H,2-3,5-6,8-9H2,1H3. The number of hydrogen-bond donors (Lipinski definition) is 1. The smallest absolute Gasteiger partial charge is 0.318 e. The molecule has 1 fully saturated rings. The van der Waals surface area contributed by atoms with E-state index in [-0.39, 0.29) is 0 Å². The fraction of sp³-hybridized carbons (Fsp3) is 0.571. The van der Waals surface area contributed by atoms with E-state index in [1.165, 1.54) is 18.4 Å². The Balaban J connectivity index is 1.59. The number of nitrogens with one attached hydrogen (secondary N) is 1. The monoisotopic (exact) mass is 308 g/mol. The summed E-state index contributed by atoms with van der Waals surface area (Å²) in [6, 6.07) is 3.32. The molecule has 2 aromatic heterocycles. The summed E-state index contributed by atoms with van der Waals surface area (Å²) >= 11 is 1.71. The van der Waals surface area contributed by atoms with E-state index in [9.17, 15) is 0 Å². The minimum Gasteiger partial charge on any atom is -0.407 e. The first-order valence-corrected chi connectivity index (χ1v) is 8.11. The number of methoxy groups -OCH3 is 1. The molecule has 0 atom stereocenters. The summed E-state index contributed by atoms with van der Waals surface area (Å²) in [4.78, 5) is 2.22. The molecule has 1 N–H and O–H groups in total. The molecule has 0 aromatic carbocycles. The number of hydrogen-bond acceptors (Lipinski definition) is 7. The molecule has 7 heteroatoms. The highest BCUT2D eigenvalue weighted by Crippen LogP contribution is 2.32. The maximum Gasteiger partial charge on any atom is 0.318 e. The van der Waals surface area contributed by atoms with Crippen LogP contribution >= 0.6 is 11.3 Å². The van der Waals surface area contributed by atoms with Crippen LogP contribution in [0.4, 0.5) is 6.01 Å². The Morgan fingerprint density at radius 1 is 1.48 bits per heavy atom. The Kier molecular flexibility index (Phi) is 4.84. The SMILES string of the molecule is COCCNCc1nnc(N(Cc2ccsc2)C2CC2)o1. The molecular weight excluding hydrogens is 288 g/mol. The van der Waals surface area contributed by atoms with Crippen LogP contribution in [0.3, 0.4) is 0 Å². The van der Waals surface area contributed by atoms with Gasteiger partial charge in [-0.1, -0.05) is 5.10 Å². The lowest BCUT2D eigenvalue weighted by atomic mass is 10.3. The third kappa shape index (κ3) is 4.03. The van der Waals surface area contributed by atoms with Crippen LogP contribution in [-0.2, 0) is 17.8 Å². The van der Waals surface area contributed by atoms with Crippen molar-refractivity contribution in [3.63, 3.8) is 0 Å². The molecule has 0 saturated heterocycles. The van der Waals surface area contributed by atoms with Gasteiger partial charge in [-0.25, -0.2) is 0 Å². The number of ether oxygens (including phenoxy) is 1. The fourth-order valence-corrected chi connectivity index (χ4v) is 2.78. The number of nitrogens with zero attached hydrogens (tertiary/aromatic N) is 3. The zero-order valence-electron chi connectivity index (χ0n) is 12.1. The minimum atomic E-state index is 0.541. The molecule has 0 unspecified atom stereocenters. The number of thiophene rings is 1. The topological polar surface area (TPSA) is 63.4 Å². The van der Waals surface area contributed by atoms with Crippen LogP contribution in [0, 0.1) is 0 Å². The summed E-state index contributed by atoms with van der Waals surface area (Å²) in [5, 5.41) is 15.8. The van der Waals surface area contributed by atoms with E-state index in [0.717, 1.165) is 13.1 Å². The molecular formula is C14H20N4O2S.